The zero-order valence-corrected chi connectivity index (χ0v) is 11.1. The molecule has 108 valence electrons. The molecular formula is C14H18N2O4. The molecule has 1 aliphatic heterocycles. The van der Waals surface area contributed by atoms with Gasteiger partial charge >= 0.3 is 12.0 Å². The Bertz CT molecular complexity index is 484. The molecule has 0 radical (unpaired) electrons. The smallest absolute Gasteiger partial charge is 0.338 e. The summed E-state index contributed by atoms with van der Waals surface area (Å²) in [6.07, 6.45) is 3.06. The highest BCUT2D eigenvalue weighted by molar-refractivity contribution is 5.93. The van der Waals surface area contributed by atoms with Crippen LogP contribution in [0.15, 0.2) is 24.3 Å². The number of rotatable bonds is 4. The van der Waals surface area contributed by atoms with Crippen molar-refractivity contribution in [3.8, 4) is 0 Å². The van der Waals surface area contributed by atoms with Crippen LogP contribution in [0, 0.1) is 0 Å². The molecule has 0 aliphatic carbocycles. The van der Waals surface area contributed by atoms with E-state index in [1.807, 2.05) is 0 Å². The molecule has 1 fully saturated rings. The first-order chi connectivity index (χ1) is 9.65. The van der Waals surface area contributed by atoms with Crippen LogP contribution < -0.4 is 11.1 Å². The topological polar surface area (TPSA) is 90.7 Å². The monoisotopic (exact) mass is 278 g/mol. The van der Waals surface area contributed by atoms with E-state index in [9.17, 15) is 9.59 Å². The zero-order valence-electron chi connectivity index (χ0n) is 11.1. The fourth-order valence-corrected chi connectivity index (χ4v) is 2.06. The molecular weight excluding hydrogens is 260 g/mol. The minimum absolute atomic E-state index is 0.0142. The number of ether oxygens (including phenoxy) is 2. The molecule has 0 unspecified atom stereocenters. The van der Waals surface area contributed by atoms with Crippen LogP contribution >= 0.6 is 0 Å². The fraction of sp³-hybridized carbons (Fsp3) is 0.429. The van der Waals surface area contributed by atoms with Crippen molar-refractivity contribution in [2.24, 2.45) is 5.73 Å². The largest absolute Gasteiger partial charge is 0.459 e. The standard InChI is InChI=1S/C14H18N2O4/c15-14(18)16-11-5-3-4-10(8-11)13(17)20-9-12-6-1-2-7-19-12/h3-5,8,12H,1-2,6-7,9H2,(H3,15,16,18)/t12-/m1/s1. The summed E-state index contributed by atoms with van der Waals surface area (Å²) in [7, 11) is 0. The van der Waals surface area contributed by atoms with E-state index in [0.717, 1.165) is 25.9 Å². The van der Waals surface area contributed by atoms with E-state index in [1.165, 1.54) is 6.07 Å². The first-order valence-electron chi connectivity index (χ1n) is 6.60. The van der Waals surface area contributed by atoms with E-state index >= 15 is 0 Å². The maximum atomic E-state index is 11.9. The molecule has 0 saturated carbocycles. The van der Waals surface area contributed by atoms with Gasteiger partial charge in [-0.15, -0.1) is 0 Å². The second kappa shape index (κ2) is 6.91. The third-order valence-electron chi connectivity index (χ3n) is 3.04. The Kier molecular flexibility index (Phi) is 4.95. The molecule has 2 rings (SSSR count). The Balaban J connectivity index is 1.89. The summed E-state index contributed by atoms with van der Waals surface area (Å²) in [6, 6.07) is 5.77. The van der Waals surface area contributed by atoms with Gasteiger partial charge in [0.25, 0.3) is 0 Å². The Hall–Kier alpha value is -2.08. The van der Waals surface area contributed by atoms with Crippen LogP contribution in [0.3, 0.4) is 0 Å². The minimum atomic E-state index is -0.675. The molecule has 0 aromatic heterocycles. The predicted octanol–water partition coefficient (Wildman–Crippen LogP) is 1.90. The van der Waals surface area contributed by atoms with Gasteiger partial charge in [-0.3, -0.25) is 0 Å². The third kappa shape index (κ3) is 4.24. The maximum absolute atomic E-state index is 11.9. The van der Waals surface area contributed by atoms with Gasteiger partial charge < -0.3 is 20.5 Å². The Labute approximate surface area is 117 Å². The number of amides is 2. The highest BCUT2D eigenvalue weighted by Crippen LogP contribution is 2.15. The minimum Gasteiger partial charge on any atom is -0.459 e. The second-order valence-electron chi connectivity index (χ2n) is 4.66. The molecule has 1 saturated heterocycles. The quantitative estimate of drug-likeness (QED) is 0.823. The molecule has 1 atom stereocenters. The average Bonchev–Trinajstić information content (AvgIpc) is 2.45. The van der Waals surface area contributed by atoms with Crippen molar-refractivity contribution in [1.82, 2.24) is 0 Å². The van der Waals surface area contributed by atoms with Crippen LogP contribution in [-0.2, 0) is 9.47 Å². The zero-order chi connectivity index (χ0) is 14.4. The number of hydrogen-bond donors (Lipinski definition) is 2. The Morgan fingerprint density at radius 2 is 2.25 bits per heavy atom. The Morgan fingerprint density at radius 3 is 2.95 bits per heavy atom. The summed E-state index contributed by atoms with van der Waals surface area (Å²) in [5.41, 5.74) is 5.85. The van der Waals surface area contributed by atoms with Crippen molar-refractivity contribution in [3.63, 3.8) is 0 Å². The molecule has 3 N–H and O–H groups in total. The first kappa shape index (κ1) is 14.3. The molecule has 1 aromatic carbocycles. The molecule has 1 aliphatic rings. The van der Waals surface area contributed by atoms with E-state index < -0.39 is 12.0 Å². The van der Waals surface area contributed by atoms with Crippen molar-refractivity contribution < 1.29 is 19.1 Å². The van der Waals surface area contributed by atoms with Crippen molar-refractivity contribution in [1.29, 1.82) is 0 Å². The maximum Gasteiger partial charge on any atom is 0.338 e. The second-order valence-corrected chi connectivity index (χ2v) is 4.66. The highest BCUT2D eigenvalue weighted by Gasteiger charge is 2.17. The van der Waals surface area contributed by atoms with E-state index in [4.69, 9.17) is 15.2 Å². The summed E-state index contributed by atoms with van der Waals surface area (Å²) in [4.78, 5) is 22.7. The van der Waals surface area contributed by atoms with Gasteiger partial charge in [-0.1, -0.05) is 6.07 Å². The number of benzene rings is 1. The molecule has 1 heterocycles. The van der Waals surface area contributed by atoms with Crippen LogP contribution in [0.5, 0.6) is 0 Å². The number of nitrogens with two attached hydrogens (primary N) is 1. The van der Waals surface area contributed by atoms with Gasteiger partial charge in [-0.05, 0) is 37.5 Å². The molecule has 0 bridgehead atoms. The van der Waals surface area contributed by atoms with E-state index in [1.54, 1.807) is 18.2 Å². The van der Waals surface area contributed by atoms with Crippen LogP contribution in [-0.4, -0.2) is 31.3 Å². The van der Waals surface area contributed by atoms with Gasteiger partial charge in [0, 0.05) is 12.3 Å². The van der Waals surface area contributed by atoms with Gasteiger partial charge in [0.15, 0.2) is 0 Å². The van der Waals surface area contributed by atoms with Crippen molar-refractivity contribution in [2.75, 3.05) is 18.5 Å². The van der Waals surface area contributed by atoms with Crippen LogP contribution in [0.1, 0.15) is 29.6 Å². The van der Waals surface area contributed by atoms with Crippen molar-refractivity contribution in [2.45, 2.75) is 25.4 Å². The van der Waals surface area contributed by atoms with Crippen molar-refractivity contribution in [3.05, 3.63) is 29.8 Å². The summed E-state index contributed by atoms with van der Waals surface area (Å²) in [6.45, 7) is 0.979. The number of carbonyl (C=O) groups is 2. The number of primary amides is 1. The average molecular weight is 278 g/mol. The Morgan fingerprint density at radius 1 is 1.40 bits per heavy atom. The normalized spacial score (nSPS) is 18.3. The predicted molar refractivity (Wildman–Crippen MR) is 73.5 cm³/mol. The fourth-order valence-electron chi connectivity index (χ4n) is 2.06. The number of hydrogen-bond acceptors (Lipinski definition) is 4. The van der Waals surface area contributed by atoms with E-state index in [-0.39, 0.29) is 12.7 Å². The number of esters is 1. The SMILES string of the molecule is NC(=O)Nc1cccc(C(=O)OC[C@H]2CCCCO2)c1. The summed E-state index contributed by atoms with van der Waals surface area (Å²) in [5.74, 6) is -0.438. The lowest BCUT2D eigenvalue weighted by atomic mass is 10.1. The van der Waals surface area contributed by atoms with Crippen molar-refractivity contribution >= 4 is 17.7 Å². The van der Waals surface area contributed by atoms with Crippen LogP contribution in [0.4, 0.5) is 10.5 Å². The molecule has 0 spiro atoms. The summed E-state index contributed by atoms with van der Waals surface area (Å²) in [5, 5.41) is 2.41. The van der Waals surface area contributed by atoms with E-state index in [2.05, 4.69) is 5.32 Å². The number of urea groups is 1. The molecule has 6 heteroatoms. The molecule has 20 heavy (non-hydrogen) atoms. The van der Waals surface area contributed by atoms with Gasteiger partial charge in [0.2, 0.25) is 0 Å². The highest BCUT2D eigenvalue weighted by atomic mass is 16.6. The summed E-state index contributed by atoms with van der Waals surface area (Å²) < 4.78 is 10.7. The third-order valence-corrected chi connectivity index (χ3v) is 3.04. The lowest BCUT2D eigenvalue weighted by Gasteiger charge is -2.22. The summed E-state index contributed by atoms with van der Waals surface area (Å²) >= 11 is 0. The number of nitrogens with one attached hydrogen (secondary N) is 1. The number of carbonyl (C=O) groups excluding carboxylic acids is 2. The van der Waals surface area contributed by atoms with Gasteiger partial charge in [-0.25, -0.2) is 9.59 Å². The lowest BCUT2D eigenvalue weighted by molar-refractivity contribution is -0.0300. The molecule has 2 amide bonds. The molecule has 1 aromatic rings. The van der Waals surface area contributed by atoms with Gasteiger partial charge in [0.1, 0.15) is 6.61 Å². The van der Waals surface area contributed by atoms with Gasteiger partial charge in [0.05, 0.1) is 11.7 Å². The number of anilines is 1. The van der Waals surface area contributed by atoms with Crippen LogP contribution in [0.25, 0.3) is 0 Å². The first-order valence-corrected chi connectivity index (χ1v) is 6.60. The molecule has 6 nitrogen and oxygen atoms in total. The van der Waals surface area contributed by atoms with E-state index in [0.29, 0.717) is 11.3 Å². The lowest BCUT2D eigenvalue weighted by Crippen LogP contribution is -2.26. The van der Waals surface area contributed by atoms with Crippen LogP contribution in [0.2, 0.25) is 0 Å². The van der Waals surface area contributed by atoms with Gasteiger partial charge in [-0.2, -0.15) is 0 Å².